The zero-order valence-electron chi connectivity index (χ0n) is 10.6. The highest BCUT2D eigenvalue weighted by Crippen LogP contribution is 2.40. The molecule has 98 valence electrons. The van der Waals surface area contributed by atoms with Crippen molar-refractivity contribution in [3.63, 3.8) is 0 Å². The summed E-state index contributed by atoms with van der Waals surface area (Å²) >= 11 is 0. The van der Waals surface area contributed by atoms with Gasteiger partial charge in [-0.1, -0.05) is 36.4 Å². The van der Waals surface area contributed by atoms with Gasteiger partial charge in [0.25, 0.3) is 0 Å². The van der Waals surface area contributed by atoms with Crippen LogP contribution in [-0.2, 0) is 9.47 Å². The first-order valence-electron chi connectivity index (χ1n) is 5.84. The van der Waals surface area contributed by atoms with Crippen molar-refractivity contribution in [1.29, 1.82) is 0 Å². The van der Waals surface area contributed by atoms with E-state index in [0.717, 1.165) is 5.56 Å². The zero-order chi connectivity index (χ0) is 13.2. The van der Waals surface area contributed by atoms with Gasteiger partial charge in [-0.15, -0.1) is 0 Å². The predicted molar refractivity (Wildman–Crippen MR) is 67.6 cm³/mol. The summed E-state index contributed by atoms with van der Waals surface area (Å²) in [5.74, 6) is -2.92. The predicted octanol–water partition coefficient (Wildman–Crippen LogP) is 1.53. The molecule has 0 amide bonds. The lowest BCUT2D eigenvalue weighted by molar-refractivity contribution is -0.261. The molecular formula is C14H18O4. The van der Waals surface area contributed by atoms with Crippen LogP contribution in [-0.4, -0.2) is 36.0 Å². The van der Waals surface area contributed by atoms with Crippen LogP contribution < -0.4 is 0 Å². The van der Waals surface area contributed by atoms with Gasteiger partial charge in [0.15, 0.2) is 11.6 Å². The Labute approximate surface area is 106 Å². The summed E-state index contributed by atoms with van der Waals surface area (Å²) in [7, 11) is 3.00. The Balaban J connectivity index is 2.37. The van der Waals surface area contributed by atoms with E-state index in [2.05, 4.69) is 0 Å². The van der Waals surface area contributed by atoms with Crippen LogP contribution in [0.1, 0.15) is 18.4 Å². The third-order valence-corrected chi connectivity index (χ3v) is 3.39. The first-order valence-corrected chi connectivity index (χ1v) is 5.84. The molecule has 0 radical (unpaired) electrons. The molecule has 1 aromatic rings. The largest absolute Gasteiger partial charge is 0.362 e. The van der Waals surface area contributed by atoms with Crippen LogP contribution in [0.4, 0.5) is 0 Å². The van der Waals surface area contributed by atoms with Crippen molar-refractivity contribution in [2.24, 2.45) is 0 Å². The Kier molecular flexibility index (Phi) is 3.54. The summed E-state index contributed by atoms with van der Waals surface area (Å²) in [4.78, 5) is 0. The molecule has 4 nitrogen and oxygen atoms in total. The lowest BCUT2D eigenvalue weighted by Crippen LogP contribution is -2.47. The maximum atomic E-state index is 10.2. The Morgan fingerprint density at radius 1 is 1.06 bits per heavy atom. The maximum Gasteiger partial charge on any atom is 0.195 e. The Morgan fingerprint density at radius 2 is 1.67 bits per heavy atom. The molecule has 0 aromatic heterocycles. The van der Waals surface area contributed by atoms with Crippen LogP contribution in [0.3, 0.4) is 0 Å². The third-order valence-electron chi connectivity index (χ3n) is 3.39. The van der Waals surface area contributed by atoms with E-state index in [9.17, 15) is 10.2 Å². The van der Waals surface area contributed by atoms with Crippen LogP contribution in [0.5, 0.6) is 0 Å². The van der Waals surface area contributed by atoms with E-state index in [1.54, 1.807) is 6.08 Å². The fourth-order valence-electron chi connectivity index (χ4n) is 2.33. The minimum absolute atomic E-state index is 0.0201. The molecule has 0 unspecified atom stereocenters. The minimum Gasteiger partial charge on any atom is -0.362 e. The van der Waals surface area contributed by atoms with Gasteiger partial charge in [-0.05, 0) is 5.56 Å². The monoisotopic (exact) mass is 250 g/mol. The van der Waals surface area contributed by atoms with Gasteiger partial charge >= 0.3 is 0 Å². The van der Waals surface area contributed by atoms with Gasteiger partial charge in [0, 0.05) is 26.2 Å². The maximum absolute atomic E-state index is 10.2. The highest BCUT2D eigenvalue weighted by atomic mass is 16.7. The lowest BCUT2D eigenvalue weighted by atomic mass is 9.84. The molecule has 0 heterocycles. The van der Waals surface area contributed by atoms with Crippen molar-refractivity contribution >= 4 is 5.57 Å². The molecule has 0 fully saturated rings. The second-order valence-corrected chi connectivity index (χ2v) is 4.50. The molecule has 2 N–H and O–H groups in total. The zero-order valence-corrected chi connectivity index (χ0v) is 10.6. The summed E-state index contributed by atoms with van der Waals surface area (Å²) in [6.45, 7) is 0. The molecule has 0 spiro atoms. The van der Waals surface area contributed by atoms with E-state index in [1.165, 1.54) is 14.2 Å². The van der Waals surface area contributed by atoms with Gasteiger partial charge in [0.2, 0.25) is 0 Å². The average molecular weight is 250 g/mol. The molecule has 0 atom stereocenters. The topological polar surface area (TPSA) is 58.9 Å². The number of benzene rings is 1. The van der Waals surface area contributed by atoms with E-state index < -0.39 is 11.6 Å². The highest BCUT2D eigenvalue weighted by molar-refractivity contribution is 5.71. The number of ether oxygens (including phenoxy) is 2. The number of rotatable bonds is 3. The molecule has 0 aliphatic heterocycles. The SMILES string of the molecule is COC1(OC)CC=C(c2ccccc2)C(O)(O)C1. The van der Waals surface area contributed by atoms with Gasteiger partial charge in [-0.3, -0.25) is 0 Å². The van der Waals surface area contributed by atoms with Crippen LogP contribution in [0.25, 0.3) is 5.57 Å². The van der Waals surface area contributed by atoms with Crippen molar-refractivity contribution in [2.45, 2.75) is 24.4 Å². The average Bonchev–Trinajstić information content (AvgIpc) is 2.38. The van der Waals surface area contributed by atoms with Crippen molar-refractivity contribution in [2.75, 3.05) is 14.2 Å². The molecule has 1 aromatic carbocycles. The van der Waals surface area contributed by atoms with E-state index in [1.807, 2.05) is 30.3 Å². The fraction of sp³-hybridized carbons (Fsp3) is 0.429. The number of hydrogen-bond donors (Lipinski definition) is 2. The summed E-state index contributed by atoms with van der Waals surface area (Å²) in [5, 5.41) is 20.4. The Bertz CT molecular complexity index is 432. The summed E-state index contributed by atoms with van der Waals surface area (Å²) in [6.07, 6.45) is 2.21. The van der Waals surface area contributed by atoms with Crippen LogP contribution in [0.15, 0.2) is 36.4 Å². The van der Waals surface area contributed by atoms with Crippen molar-refractivity contribution in [3.05, 3.63) is 42.0 Å². The van der Waals surface area contributed by atoms with Gasteiger partial charge in [-0.2, -0.15) is 0 Å². The van der Waals surface area contributed by atoms with E-state index >= 15 is 0 Å². The Morgan fingerprint density at radius 3 is 2.17 bits per heavy atom. The first kappa shape index (κ1) is 13.2. The minimum atomic E-state index is -1.95. The highest BCUT2D eigenvalue weighted by Gasteiger charge is 2.45. The van der Waals surface area contributed by atoms with Gasteiger partial charge in [0.05, 0.1) is 6.42 Å². The molecule has 1 aliphatic rings. The third kappa shape index (κ3) is 2.33. The quantitative estimate of drug-likeness (QED) is 0.799. The summed E-state index contributed by atoms with van der Waals surface area (Å²) in [5.41, 5.74) is 1.29. The van der Waals surface area contributed by atoms with E-state index in [0.29, 0.717) is 12.0 Å². The second-order valence-electron chi connectivity index (χ2n) is 4.50. The molecule has 2 rings (SSSR count). The van der Waals surface area contributed by atoms with Gasteiger partial charge in [0.1, 0.15) is 0 Å². The van der Waals surface area contributed by atoms with Crippen molar-refractivity contribution < 1.29 is 19.7 Å². The number of aliphatic hydroxyl groups is 2. The first-order chi connectivity index (χ1) is 8.53. The van der Waals surface area contributed by atoms with Crippen molar-refractivity contribution in [1.82, 2.24) is 0 Å². The van der Waals surface area contributed by atoms with E-state index in [4.69, 9.17) is 9.47 Å². The molecule has 0 bridgehead atoms. The number of hydrogen-bond acceptors (Lipinski definition) is 4. The molecular weight excluding hydrogens is 232 g/mol. The molecule has 18 heavy (non-hydrogen) atoms. The number of methoxy groups -OCH3 is 2. The summed E-state index contributed by atoms with van der Waals surface area (Å²) < 4.78 is 10.5. The van der Waals surface area contributed by atoms with Crippen LogP contribution in [0, 0.1) is 0 Å². The molecule has 4 heteroatoms. The van der Waals surface area contributed by atoms with E-state index in [-0.39, 0.29) is 6.42 Å². The van der Waals surface area contributed by atoms with Gasteiger partial charge < -0.3 is 19.7 Å². The fourth-order valence-corrected chi connectivity index (χ4v) is 2.33. The molecule has 0 saturated carbocycles. The van der Waals surface area contributed by atoms with Gasteiger partial charge in [-0.25, -0.2) is 0 Å². The van der Waals surface area contributed by atoms with Crippen molar-refractivity contribution in [3.8, 4) is 0 Å². The van der Waals surface area contributed by atoms with Crippen LogP contribution >= 0.6 is 0 Å². The Hall–Kier alpha value is -1.20. The lowest BCUT2D eigenvalue weighted by Gasteiger charge is -2.40. The standard InChI is InChI=1S/C14H18O4/c1-17-13(18-2)9-8-12(14(15,16)10-13)11-6-4-3-5-7-11/h3-8,15-16H,9-10H2,1-2H3. The molecule has 1 aliphatic carbocycles. The summed E-state index contributed by atoms with van der Waals surface area (Å²) in [6, 6.07) is 9.30. The molecule has 0 saturated heterocycles. The normalized spacial score (nSPS) is 21.4. The van der Waals surface area contributed by atoms with Crippen LogP contribution in [0.2, 0.25) is 0 Å². The smallest absolute Gasteiger partial charge is 0.195 e. The second kappa shape index (κ2) is 4.82.